The highest BCUT2D eigenvalue weighted by atomic mass is 16.5. The van der Waals surface area contributed by atoms with E-state index in [-0.39, 0.29) is 24.3 Å². The molecule has 8 heteroatoms. The van der Waals surface area contributed by atoms with Gasteiger partial charge in [-0.25, -0.2) is 0 Å². The third-order valence-electron chi connectivity index (χ3n) is 10.3. The van der Waals surface area contributed by atoms with E-state index in [9.17, 15) is 19.5 Å². The van der Waals surface area contributed by atoms with Gasteiger partial charge in [0.25, 0.3) is 0 Å². The lowest BCUT2D eigenvalue weighted by atomic mass is 9.62. The van der Waals surface area contributed by atoms with Crippen molar-refractivity contribution in [3.63, 3.8) is 0 Å². The summed E-state index contributed by atoms with van der Waals surface area (Å²) in [5.41, 5.74) is -0.0485. The number of ether oxygens (including phenoxy) is 1. The van der Waals surface area contributed by atoms with Crippen LogP contribution in [0.25, 0.3) is 10.8 Å². The van der Waals surface area contributed by atoms with E-state index in [1.54, 1.807) is 12.1 Å². The van der Waals surface area contributed by atoms with Gasteiger partial charge < -0.3 is 25.4 Å². The molecule has 4 aromatic carbocycles. The van der Waals surface area contributed by atoms with E-state index >= 15 is 0 Å². The molecule has 7 atom stereocenters. The number of rotatable bonds is 8. The number of hydrogen-bond acceptors (Lipinski definition) is 5. The molecule has 3 N–H and O–H groups in total. The van der Waals surface area contributed by atoms with E-state index in [0.29, 0.717) is 24.2 Å². The molecule has 230 valence electrons. The van der Waals surface area contributed by atoms with Crippen molar-refractivity contribution in [2.45, 2.75) is 50.0 Å². The van der Waals surface area contributed by atoms with Crippen molar-refractivity contribution < 1.29 is 24.2 Å². The molecule has 45 heavy (non-hydrogen) atoms. The SMILES string of the molecule is CC1CC23O[C@@]1(C)[C@H](C(=O)Nc1ccccc1)[C@H]2C(=O)N([C@@H](CO)Cc1ccccc1)C3C(=O)Nc1ccc2ccccc2c1. The number of carbonyl (C=O) groups excluding carboxylic acids is 3. The molecule has 2 bridgehead atoms. The van der Waals surface area contributed by atoms with Crippen LogP contribution in [0.5, 0.6) is 0 Å². The molecule has 1 spiro atoms. The van der Waals surface area contributed by atoms with Crippen molar-refractivity contribution in [3.05, 3.63) is 109 Å². The zero-order valence-corrected chi connectivity index (χ0v) is 25.4. The molecular weight excluding hydrogens is 566 g/mol. The molecule has 3 amide bonds. The van der Waals surface area contributed by atoms with Gasteiger partial charge in [-0.15, -0.1) is 0 Å². The van der Waals surface area contributed by atoms with Gasteiger partial charge in [-0.1, -0.05) is 85.8 Å². The zero-order chi connectivity index (χ0) is 31.3. The summed E-state index contributed by atoms with van der Waals surface area (Å²) in [5.74, 6) is -2.87. The van der Waals surface area contributed by atoms with Crippen molar-refractivity contribution in [2.24, 2.45) is 17.8 Å². The van der Waals surface area contributed by atoms with Crippen LogP contribution in [0.2, 0.25) is 0 Å². The van der Waals surface area contributed by atoms with Crippen LogP contribution in [0.3, 0.4) is 0 Å². The lowest BCUT2D eigenvalue weighted by Gasteiger charge is -2.37. The lowest BCUT2D eigenvalue weighted by Crippen LogP contribution is -2.57. The molecule has 0 aromatic heterocycles. The van der Waals surface area contributed by atoms with Gasteiger partial charge in [0, 0.05) is 11.4 Å². The summed E-state index contributed by atoms with van der Waals surface area (Å²) in [5, 5.41) is 18.8. The van der Waals surface area contributed by atoms with Crippen LogP contribution in [-0.2, 0) is 25.5 Å². The number of fused-ring (bicyclic) bond motifs is 2. The number of amides is 3. The summed E-state index contributed by atoms with van der Waals surface area (Å²) in [7, 11) is 0. The highest BCUT2D eigenvalue weighted by Crippen LogP contribution is 2.65. The first-order chi connectivity index (χ1) is 21.7. The average Bonchev–Trinajstić information content (AvgIpc) is 3.57. The monoisotopic (exact) mass is 603 g/mol. The lowest BCUT2D eigenvalue weighted by molar-refractivity contribution is -0.147. The molecule has 4 aromatic rings. The minimum absolute atomic E-state index is 0.106. The van der Waals surface area contributed by atoms with Crippen molar-refractivity contribution in [1.29, 1.82) is 0 Å². The van der Waals surface area contributed by atoms with Gasteiger partial charge in [0.2, 0.25) is 17.7 Å². The standard InChI is InChI=1S/C37H37N3O5/c1-23-21-37-31(30(36(23,2)45-37)33(42)38-27-15-7-4-8-16-27)35(44)40(29(22-41)19-24-11-5-3-6-12-24)32(37)34(43)39-28-18-17-25-13-9-10-14-26(25)20-28/h3-18,20,23,29-32,41H,19,21-22H2,1-2H3,(H,38,42)(H,39,43)/t23?,29-,30+,31+,32?,36-,37?/m1/s1. The Morgan fingerprint density at radius 3 is 2.24 bits per heavy atom. The second kappa shape index (κ2) is 11.1. The first kappa shape index (κ1) is 29.2. The molecule has 7 rings (SSSR count). The number of anilines is 2. The predicted molar refractivity (Wildman–Crippen MR) is 172 cm³/mol. The Bertz CT molecular complexity index is 1760. The molecule has 0 saturated carbocycles. The van der Waals surface area contributed by atoms with Gasteiger partial charge in [0.15, 0.2) is 0 Å². The highest BCUT2D eigenvalue weighted by molar-refractivity contribution is 6.06. The molecule has 3 saturated heterocycles. The topological polar surface area (TPSA) is 108 Å². The molecule has 3 heterocycles. The number of benzene rings is 4. The van der Waals surface area contributed by atoms with Crippen molar-refractivity contribution in [3.8, 4) is 0 Å². The quantitative estimate of drug-likeness (QED) is 0.262. The Balaban J connectivity index is 1.30. The minimum Gasteiger partial charge on any atom is -0.394 e. The first-order valence-electron chi connectivity index (χ1n) is 15.6. The van der Waals surface area contributed by atoms with E-state index in [1.807, 2.05) is 105 Å². The Kier molecular flexibility index (Phi) is 7.22. The maximum Gasteiger partial charge on any atom is 0.250 e. The number of aliphatic hydroxyl groups is 1. The van der Waals surface area contributed by atoms with Crippen molar-refractivity contribution in [2.75, 3.05) is 17.2 Å². The summed E-state index contributed by atoms with van der Waals surface area (Å²) in [6, 6.07) is 30.6. The molecule has 3 fully saturated rings. The predicted octanol–water partition coefficient (Wildman–Crippen LogP) is 5.03. The van der Waals surface area contributed by atoms with Gasteiger partial charge in [-0.05, 0) is 66.3 Å². The fraction of sp³-hybridized carbons (Fsp3) is 0.324. The Morgan fingerprint density at radius 2 is 1.53 bits per heavy atom. The van der Waals surface area contributed by atoms with Gasteiger partial charge in [-0.3, -0.25) is 14.4 Å². The van der Waals surface area contributed by atoms with Gasteiger partial charge in [-0.2, -0.15) is 0 Å². The number of aliphatic hydroxyl groups excluding tert-OH is 1. The average molecular weight is 604 g/mol. The molecule has 0 radical (unpaired) electrons. The third-order valence-corrected chi connectivity index (χ3v) is 10.3. The molecular formula is C37H37N3O5. The zero-order valence-electron chi connectivity index (χ0n) is 25.4. The maximum atomic E-state index is 14.7. The number of likely N-dealkylation sites (tertiary alicyclic amines) is 1. The fourth-order valence-electron chi connectivity index (χ4n) is 8.13. The van der Waals surface area contributed by atoms with Crippen LogP contribution in [0, 0.1) is 17.8 Å². The van der Waals surface area contributed by atoms with E-state index in [1.165, 1.54) is 4.90 Å². The van der Waals surface area contributed by atoms with E-state index in [0.717, 1.165) is 16.3 Å². The number of nitrogens with one attached hydrogen (secondary N) is 2. The smallest absolute Gasteiger partial charge is 0.250 e. The normalized spacial score (nSPS) is 29.0. The van der Waals surface area contributed by atoms with Crippen LogP contribution in [0.4, 0.5) is 11.4 Å². The molecule has 0 aliphatic carbocycles. The summed E-state index contributed by atoms with van der Waals surface area (Å²) in [4.78, 5) is 44.8. The number of carbonyl (C=O) groups is 3. The Labute approximate surface area is 262 Å². The maximum absolute atomic E-state index is 14.7. The summed E-state index contributed by atoms with van der Waals surface area (Å²) in [6.45, 7) is 3.56. The summed E-state index contributed by atoms with van der Waals surface area (Å²) >= 11 is 0. The molecule has 3 aliphatic rings. The molecule has 3 aliphatic heterocycles. The number of nitrogens with zero attached hydrogens (tertiary/aromatic N) is 1. The fourth-order valence-corrected chi connectivity index (χ4v) is 8.13. The second-order valence-corrected chi connectivity index (χ2v) is 12.9. The van der Waals surface area contributed by atoms with Crippen molar-refractivity contribution >= 4 is 39.9 Å². The number of hydrogen-bond donors (Lipinski definition) is 3. The molecule has 8 nitrogen and oxygen atoms in total. The van der Waals surface area contributed by atoms with E-state index in [4.69, 9.17) is 4.74 Å². The highest BCUT2D eigenvalue weighted by Gasteiger charge is 2.80. The van der Waals surface area contributed by atoms with Crippen LogP contribution in [-0.4, -0.2) is 57.6 Å². The van der Waals surface area contributed by atoms with E-state index in [2.05, 4.69) is 10.6 Å². The molecule has 3 unspecified atom stereocenters. The van der Waals surface area contributed by atoms with Gasteiger partial charge in [0.05, 0.1) is 30.1 Å². The van der Waals surface area contributed by atoms with Crippen LogP contribution >= 0.6 is 0 Å². The van der Waals surface area contributed by atoms with Gasteiger partial charge in [0.1, 0.15) is 11.6 Å². The first-order valence-corrected chi connectivity index (χ1v) is 15.6. The largest absolute Gasteiger partial charge is 0.394 e. The Morgan fingerprint density at radius 1 is 0.889 bits per heavy atom. The summed E-state index contributed by atoms with van der Waals surface area (Å²) in [6.07, 6.45) is 0.782. The van der Waals surface area contributed by atoms with Crippen LogP contribution in [0.15, 0.2) is 103 Å². The van der Waals surface area contributed by atoms with Crippen LogP contribution in [0.1, 0.15) is 25.8 Å². The minimum atomic E-state index is -1.24. The van der Waals surface area contributed by atoms with Crippen LogP contribution < -0.4 is 10.6 Å². The third kappa shape index (κ3) is 4.71. The van der Waals surface area contributed by atoms with Gasteiger partial charge >= 0.3 is 0 Å². The van der Waals surface area contributed by atoms with E-state index < -0.39 is 41.0 Å². The number of para-hydroxylation sites is 1. The van der Waals surface area contributed by atoms with Crippen molar-refractivity contribution in [1.82, 2.24) is 4.90 Å². The second-order valence-electron chi connectivity index (χ2n) is 12.9. The summed E-state index contributed by atoms with van der Waals surface area (Å²) < 4.78 is 6.88. The Hall–Kier alpha value is -4.53.